The van der Waals surface area contributed by atoms with Crippen LogP contribution >= 0.6 is 11.6 Å². The maximum absolute atomic E-state index is 12.3. The molecule has 128 valence electrons. The maximum atomic E-state index is 12.3. The third-order valence-corrected chi connectivity index (χ3v) is 3.91. The predicted octanol–water partition coefficient (Wildman–Crippen LogP) is 2.40. The van der Waals surface area contributed by atoms with Crippen molar-refractivity contribution >= 4 is 23.2 Å². The van der Waals surface area contributed by atoms with Crippen LogP contribution in [0, 0.1) is 0 Å². The van der Waals surface area contributed by atoms with E-state index in [2.05, 4.69) is 10.2 Å². The van der Waals surface area contributed by atoms with Gasteiger partial charge in [-0.1, -0.05) is 11.6 Å². The second kappa shape index (κ2) is 7.86. The number of carbonyl (C=O) groups excluding carboxylic acids is 1. The number of rotatable bonds is 5. The van der Waals surface area contributed by atoms with Crippen LogP contribution in [0.25, 0.3) is 0 Å². The minimum Gasteiger partial charge on any atom is -0.495 e. The van der Waals surface area contributed by atoms with Gasteiger partial charge in [0, 0.05) is 25.2 Å². The Morgan fingerprint density at radius 2 is 1.87 bits per heavy atom. The molecule has 1 aromatic carbocycles. The van der Waals surface area contributed by atoms with E-state index in [-0.39, 0.29) is 18.1 Å². The highest BCUT2D eigenvalue weighted by Crippen LogP contribution is 2.35. The lowest BCUT2D eigenvalue weighted by Gasteiger charge is -2.34. The Labute approximate surface area is 141 Å². The van der Waals surface area contributed by atoms with Gasteiger partial charge >= 0.3 is 0 Å². The highest BCUT2D eigenvalue weighted by atomic mass is 35.5. The number of hydrogen-bond donors (Lipinski definition) is 1. The van der Waals surface area contributed by atoms with E-state index in [0.717, 1.165) is 13.1 Å². The lowest BCUT2D eigenvalue weighted by Crippen LogP contribution is -2.48. The Morgan fingerprint density at radius 1 is 1.26 bits per heavy atom. The largest absolute Gasteiger partial charge is 0.495 e. The Morgan fingerprint density at radius 3 is 2.43 bits per heavy atom. The molecule has 0 aromatic heterocycles. The van der Waals surface area contributed by atoms with E-state index in [1.807, 2.05) is 13.8 Å². The SMILES string of the molecule is COc1cc(NC(=O)CN2C[C@@H](C)O[C@H](C)C2)c(OC)cc1Cl. The number of nitrogens with zero attached hydrogens (tertiary/aromatic N) is 1. The molecular formula is C16H23ClN2O4. The first-order chi connectivity index (χ1) is 10.9. The normalized spacial score (nSPS) is 21.8. The molecule has 0 spiro atoms. The zero-order valence-corrected chi connectivity index (χ0v) is 14.6. The quantitative estimate of drug-likeness (QED) is 0.890. The Bertz CT molecular complexity index is 557. The number of morpholine rings is 1. The molecule has 7 heteroatoms. The zero-order chi connectivity index (χ0) is 17.0. The molecule has 0 aliphatic carbocycles. The maximum Gasteiger partial charge on any atom is 0.238 e. The van der Waals surface area contributed by atoms with Gasteiger partial charge in [0.2, 0.25) is 5.91 Å². The molecule has 1 aliphatic rings. The highest BCUT2D eigenvalue weighted by Gasteiger charge is 2.24. The summed E-state index contributed by atoms with van der Waals surface area (Å²) in [7, 11) is 3.05. The Kier molecular flexibility index (Phi) is 6.10. The summed E-state index contributed by atoms with van der Waals surface area (Å²) < 4.78 is 16.1. The van der Waals surface area contributed by atoms with Crippen molar-refractivity contribution in [2.24, 2.45) is 0 Å². The van der Waals surface area contributed by atoms with Crippen molar-refractivity contribution in [2.75, 3.05) is 39.2 Å². The molecule has 0 saturated carbocycles. The van der Waals surface area contributed by atoms with Gasteiger partial charge < -0.3 is 19.5 Å². The van der Waals surface area contributed by atoms with Crippen LogP contribution in [-0.4, -0.2) is 56.9 Å². The van der Waals surface area contributed by atoms with Gasteiger partial charge in [0.25, 0.3) is 0 Å². The van der Waals surface area contributed by atoms with Crippen molar-refractivity contribution in [1.82, 2.24) is 4.90 Å². The molecule has 1 N–H and O–H groups in total. The van der Waals surface area contributed by atoms with Crippen LogP contribution in [-0.2, 0) is 9.53 Å². The van der Waals surface area contributed by atoms with Crippen molar-refractivity contribution in [3.8, 4) is 11.5 Å². The summed E-state index contributed by atoms with van der Waals surface area (Å²) in [5.41, 5.74) is 0.535. The number of benzene rings is 1. The van der Waals surface area contributed by atoms with E-state index in [0.29, 0.717) is 28.8 Å². The van der Waals surface area contributed by atoms with Crippen LogP contribution < -0.4 is 14.8 Å². The van der Waals surface area contributed by atoms with Crippen molar-refractivity contribution in [1.29, 1.82) is 0 Å². The molecule has 0 bridgehead atoms. The second-order valence-corrected chi connectivity index (χ2v) is 6.09. The molecular weight excluding hydrogens is 320 g/mol. The molecule has 0 unspecified atom stereocenters. The first-order valence-electron chi connectivity index (χ1n) is 7.52. The average Bonchev–Trinajstić information content (AvgIpc) is 2.47. The van der Waals surface area contributed by atoms with E-state index in [9.17, 15) is 4.79 Å². The molecule has 23 heavy (non-hydrogen) atoms. The molecule has 1 aliphatic heterocycles. The van der Waals surface area contributed by atoms with E-state index in [1.165, 1.54) is 14.2 Å². The minimum absolute atomic E-state index is 0.117. The summed E-state index contributed by atoms with van der Waals surface area (Å²) in [6.07, 6.45) is 0.244. The summed E-state index contributed by atoms with van der Waals surface area (Å²) in [5.74, 6) is 0.859. The lowest BCUT2D eigenvalue weighted by atomic mass is 10.2. The van der Waals surface area contributed by atoms with E-state index in [1.54, 1.807) is 12.1 Å². The first kappa shape index (κ1) is 17.8. The molecule has 1 saturated heterocycles. The van der Waals surface area contributed by atoms with Crippen LogP contribution in [0.1, 0.15) is 13.8 Å². The lowest BCUT2D eigenvalue weighted by molar-refractivity contribution is -0.121. The highest BCUT2D eigenvalue weighted by molar-refractivity contribution is 6.32. The van der Waals surface area contributed by atoms with Gasteiger partial charge in [0.1, 0.15) is 11.5 Å². The molecule has 2 rings (SSSR count). The standard InChI is InChI=1S/C16H23ClN2O4/c1-10-7-19(8-11(2)23-10)9-16(20)18-13-6-14(21-3)12(17)5-15(13)22-4/h5-6,10-11H,7-9H2,1-4H3,(H,18,20)/t10-,11-/m1/s1. The van der Waals surface area contributed by atoms with Crippen molar-refractivity contribution in [3.05, 3.63) is 17.2 Å². The molecule has 2 atom stereocenters. The number of halogens is 1. The first-order valence-corrected chi connectivity index (χ1v) is 7.90. The monoisotopic (exact) mass is 342 g/mol. The molecule has 1 amide bonds. The summed E-state index contributed by atoms with van der Waals surface area (Å²) in [4.78, 5) is 14.4. The van der Waals surface area contributed by atoms with Gasteiger partial charge in [-0.2, -0.15) is 0 Å². The number of anilines is 1. The van der Waals surface area contributed by atoms with E-state index < -0.39 is 0 Å². The smallest absolute Gasteiger partial charge is 0.238 e. The third-order valence-electron chi connectivity index (χ3n) is 3.61. The third kappa shape index (κ3) is 4.73. The van der Waals surface area contributed by atoms with Crippen molar-refractivity contribution in [2.45, 2.75) is 26.1 Å². The van der Waals surface area contributed by atoms with Gasteiger partial charge in [-0.15, -0.1) is 0 Å². The van der Waals surface area contributed by atoms with Gasteiger partial charge in [0.15, 0.2) is 0 Å². The zero-order valence-electron chi connectivity index (χ0n) is 13.9. The Hall–Kier alpha value is -1.50. The minimum atomic E-state index is -0.117. The summed E-state index contributed by atoms with van der Waals surface area (Å²) >= 11 is 6.06. The van der Waals surface area contributed by atoms with Gasteiger partial charge in [-0.3, -0.25) is 9.69 Å². The van der Waals surface area contributed by atoms with Crippen molar-refractivity contribution < 1.29 is 19.0 Å². The number of hydrogen-bond acceptors (Lipinski definition) is 5. The van der Waals surface area contributed by atoms with E-state index >= 15 is 0 Å². The van der Waals surface area contributed by atoms with Crippen LogP contribution in [0.5, 0.6) is 11.5 Å². The van der Waals surface area contributed by atoms with Crippen LogP contribution in [0.4, 0.5) is 5.69 Å². The van der Waals surface area contributed by atoms with Gasteiger partial charge in [0.05, 0.1) is 43.7 Å². The number of ether oxygens (including phenoxy) is 3. The fourth-order valence-corrected chi connectivity index (χ4v) is 3.00. The number of methoxy groups -OCH3 is 2. The second-order valence-electron chi connectivity index (χ2n) is 5.69. The van der Waals surface area contributed by atoms with Gasteiger partial charge in [-0.25, -0.2) is 0 Å². The van der Waals surface area contributed by atoms with Gasteiger partial charge in [-0.05, 0) is 13.8 Å². The van der Waals surface area contributed by atoms with Crippen LogP contribution in [0.3, 0.4) is 0 Å². The number of carbonyl (C=O) groups is 1. The molecule has 1 aromatic rings. The molecule has 1 heterocycles. The Balaban J connectivity index is 2.05. The van der Waals surface area contributed by atoms with Crippen molar-refractivity contribution in [3.63, 3.8) is 0 Å². The summed E-state index contributed by atoms with van der Waals surface area (Å²) in [5, 5.41) is 3.28. The van der Waals surface area contributed by atoms with Crippen LogP contribution in [0.2, 0.25) is 5.02 Å². The fourth-order valence-electron chi connectivity index (χ4n) is 2.76. The summed E-state index contributed by atoms with van der Waals surface area (Å²) in [6, 6.07) is 3.28. The topological polar surface area (TPSA) is 60.0 Å². The molecule has 0 radical (unpaired) electrons. The number of amides is 1. The fraction of sp³-hybridized carbons (Fsp3) is 0.562. The molecule has 6 nitrogen and oxygen atoms in total. The van der Waals surface area contributed by atoms with Crippen LogP contribution in [0.15, 0.2) is 12.1 Å². The average molecular weight is 343 g/mol. The van der Waals surface area contributed by atoms with E-state index in [4.69, 9.17) is 25.8 Å². The number of nitrogens with one attached hydrogen (secondary N) is 1. The predicted molar refractivity (Wildman–Crippen MR) is 89.6 cm³/mol. The molecule has 1 fully saturated rings. The summed E-state index contributed by atoms with van der Waals surface area (Å²) in [6.45, 7) is 5.78.